The summed E-state index contributed by atoms with van der Waals surface area (Å²) in [6, 6.07) is 0. The monoisotopic (exact) mass is 159 g/mol. The summed E-state index contributed by atoms with van der Waals surface area (Å²) < 4.78 is 0. The van der Waals surface area contributed by atoms with E-state index in [9.17, 15) is 0 Å². The topological polar surface area (TPSA) is 32.3 Å². The van der Waals surface area contributed by atoms with Gasteiger partial charge in [-0.1, -0.05) is 6.92 Å². The van der Waals surface area contributed by atoms with E-state index in [1.54, 1.807) is 0 Å². The first kappa shape index (κ1) is 10.9. The molecule has 0 aliphatic rings. The first-order valence-corrected chi connectivity index (χ1v) is 4.35. The van der Waals surface area contributed by atoms with E-state index in [-0.39, 0.29) is 5.54 Å². The SMILES string of the molecule is CCC(CO)CNC(C)(C)C. The van der Waals surface area contributed by atoms with Gasteiger partial charge in [0.2, 0.25) is 0 Å². The fourth-order valence-corrected chi connectivity index (χ4v) is 0.789. The molecule has 1 atom stereocenters. The summed E-state index contributed by atoms with van der Waals surface area (Å²) >= 11 is 0. The molecule has 0 aliphatic heterocycles. The molecule has 0 rings (SSSR count). The zero-order valence-corrected chi connectivity index (χ0v) is 8.15. The maximum absolute atomic E-state index is 8.88. The number of rotatable bonds is 4. The standard InChI is InChI=1S/C9H21NO/c1-5-8(7-11)6-10-9(2,3)4/h8,10-11H,5-7H2,1-4H3. The highest BCUT2D eigenvalue weighted by atomic mass is 16.3. The minimum absolute atomic E-state index is 0.169. The Bertz CT molecular complexity index is 92.2. The van der Waals surface area contributed by atoms with Gasteiger partial charge in [0.1, 0.15) is 0 Å². The molecule has 68 valence electrons. The van der Waals surface area contributed by atoms with Crippen molar-refractivity contribution in [3.8, 4) is 0 Å². The molecular weight excluding hydrogens is 138 g/mol. The van der Waals surface area contributed by atoms with E-state index < -0.39 is 0 Å². The summed E-state index contributed by atoms with van der Waals surface area (Å²) in [5.74, 6) is 0.411. The molecule has 0 aliphatic carbocycles. The van der Waals surface area contributed by atoms with Gasteiger partial charge >= 0.3 is 0 Å². The predicted octanol–water partition coefficient (Wildman–Crippen LogP) is 1.39. The van der Waals surface area contributed by atoms with Crippen LogP contribution in [0.4, 0.5) is 0 Å². The van der Waals surface area contributed by atoms with Gasteiger partial charge in [-0.2, -0.15) is 0 Å². The van der Waals surface area contributed by atoms with Crippen LogP contribution in [-0.2, 0) is 0 Å². The molecular formula is C9H21NO. The molecule has 2 heteroatoms. The summed E-state index contributed by atoms with van der Waals surface area (Å²) in [5.41, 5.74) is 0.169. The van der Waals surface area contributed by atoms with Crippen molar-refractivity contribution >= 4 is 0 Å². The fraction of sp³-hybridized carbons (Fsp3) is 1.00. The van der Waals surface area contributed by atoms with Gasteiger partial charge in [-0.15, -0.1) is 0 Å². The van der Waals surface area contributed by atoms with Crippen LogP contribution in [0.5, 0.6) is 0 Å². The normalized spacial score (nSPS) is 15.0. The van der Waals surface area contributed by atoms with Gasteiger partial charge in [-0.3, -0.25) is 0 Å². The molecule has 11 heavy (non-hydrogen) atoms. The molecule has 0 saturated heterocycles. The van der Waals surface area contributed by atoms with Gasteiger partial charge in [-0.05, 0) is 33.1 Å². The van der Waals surface area contributed by atoms with Crippen LogP contribution in [-0.4, -0.2) is 23.8 Å². The highest BCUT2D eigenvalue weighted by Crippen LogP contribution is 2.03. The Labute approximate surface area is 70.0 Å². The Morgan fingerprint density at radius 2 is 1.91 bits per heavy atom. The molecule has 0 bridgehead atoms. The third kappa shape index (κ3) is 6.32. The van der Waals surface area contributed by atoms with E-state index in [0.717, 1.165) is 13.0 Å². The van der Waals surface area contributed by atoms with Crippen LogP contribution in [0.2, 0.25) is 0 Å². The molecule has 0 heterocycles. The first-order valence-electron chi connectivity index (χ1n) is 4.35. The molecule has 0 saturated carbocycles. The zero-order valence-electron chi connectivity index (χ0n) is 8.15. The summed E-state index contributed by atoms with van der Waals surface area (Å²) in [7, 11) is 0. The van der Waals surface area contributed by atoms with E-state index >= 15 is 0 Å². The molecule has 0 aromatic carbocycles. The van der Waals surface area contributed by atoms with Gasteiger partial charge < -0.3 is 10.4 Å². The second-order valence-electron chi connectivity index (χ2n) is 4.09. The Kier molecular flexibility index (Phi) is 4.69. The van der Waals surface area contributed by atoms with E-state index in [1.807, 2.05) is 0 Å². The molecule has 1 unspecified atom stereocenters. The maximum atomic E-state index is 8.88. The average Bonchev–Trinajstić information content (AvgIpc) is 1.88. The van der Waals surface area contributed by atoms with E-state index in [1.165, 1.54) is 0 Å². The van der Waals surface area contributed by atoms with Gasteiger partial charge in [0.15, 0.2) is 0 Å². The zero-order chi connectivity index (χ0) is 8.91. The molecule has 2 nitrogen and oxygen atoms in total. The Balaban J connectivity index is 3.51. The van der Waals surface area contributed by atoms with Crippen molar-refractivity contribution in [1.29, 1.82) is 0 Å². The molecule has 0 aromatic heterocycles. The minimum atomic E-state index is 0.169. The lowest BCUT2D eigenvalue weighted by atomic mass is 10.0. The third-order valence-corrected chi connectivity index (χ3v) is 1.76. The highest BCUT2D eigenvalue weighted by molar-refractivity contribution is 4.72. The van der Waals surface area contributed by atoms with E-state index in [2.05, 4.69) is 33.0 Å². The van der Waals surface area contributed by atoms with Crippen LogP contribution >= 0.6 is 0 Å². The van der Waals surface area contributed by atoms with Crippen LogP contribution in [0.3, 0.4) is 0 Å². The molecule has 2 N–H and O–H groups in total. The van der Waals surface area contributed by atoms with Crippen molar-refractivity contribution in [1.82, 2.24) is 5.32 Å². The molecule has 0 amide bonds. The third-order valence-electron chi connectivity index (χ3n) is 1.76. The Morgan fingerprint density at radius 1 is 1.36 bits per heavy atom. The van der Waals surface area contributed by atoms with Crippen molar-refractivity contribution < 1.29 is 5.11 Å². The lowest BCUT2D eigenvalue weighted by Crippen LogP contribution is -2.39. The lowest BCUT2D eigenvalue weighted by Gasteiger charge is -2.23. The predicted molar refractivity (Wildman–Crippen MR) is 48.6 cm³/mol. The van der Waals surface area contributed by atoms with E-state index in [0.29, 0.717) is 12.5 Å². The second-order valence-corrected chi connectivity index (χ2v) is 4.09. The minimum Gasteiger partial charge on any atom is -0.396 e. The number of hydrogen-bond donors (Lipinski definition) is 2. The van der Waals surface area contributed by atoms with Crippen LogP contribution in [0.15, 0.2) is 0 Å². The van der Waals surface area contributed by atoms with Crippen molar-refractivity contribution in [2.45, 2.75) is 39.7 Å². The second kappa shape index (κ2) is 4.73. The maximum Gasteiger partial charge on any atom is 0.0471 e. The van der Waals surface area contributed by atoms with Gasteiger partial charge in [0.05, 0.1) is 0 Å². The summed E-state index contributed by atoms with van der Waals surface area (Å²) in [6.45, 7) is 9.71. The first-order chi connectivity index (χ1) is 4.99. The van der Waals surface area contributed by atoms with Gasteiger partial charge in [0.25, 0.3) is 0 Å². The summed E-state index contributed by atoms with van der Waals surface area (Å²) in [4.78, 5) is 0. The quantitative estimate of drug-likeness (QED) is 0.649. The number of aliphatic hydroxyl groups excluding tert-OH is 1. The Hall–Kier alpha value is -0.0800. The van der Waals surface area contributed by atoms with Crippen LogP contribution in [0.25, 0.3) is 0 Å². The highest BCUT2D eigenvalue weighted by Gasteiger charge is 2.11. The summed E-state index contributed by atoms with van der Waals surface area (Å²) in [6.07, 6.45) is 1.04. The fourth-order valence-electron chi connectivity index (χ4n) is 0.789. The van der Waals surface area contributed by atoms with Crippen LogP contribution in [0, 0.1) is 5.92 Å². The number of aliphatic hydroxyl groups is 1. The smallest absolute Gasteiger partial charge is 0.0471 e. The lowest BCUT2D eigenvalue weighted by molar-refractivity contribution is 0.209. The number of nitrogens with one attached hydrogen (secondary N) is 1. The van der Waals surface area contributed by atoms with Crippen LogP contribution in [0.1, 0.15) is 34.1 Å². The van der Waals surface area contributed by atoms with Crippen LogP contribution < -0.4 is 5.32 Å². The van der Waals surface area contributed by atoms with Crippen molar-refractivity contribution in [3.05, 3.63) is 0 Å². The average molecular weight is 159 g/mol. The van der Waals surface area contributed by atoms with Crippen molar-refractivity contribution in [2.24, 2.45) is 5.92 Å². The Morgan fingerprint density at radius 3 is 2.18 bits per heavy atom. The summed E-state index contributed by atoms with van der Waals surface area (Å²) in [5, 5.41) is 12.2. The molecule has 0 aromatic rings. The molecule has 0 radical (unpaired) electrons. The van der Waals surface area contributed by atoms with E-state index in [4.69, 9.17) is 5.11 Å². The molecule has 0 fully saturated rings. The largest absolute Gasteiger partial charge is 0.396 e. The number of hydrogen-bond acceptors (Lipinski definition) is 2. The van der Waals surface area contributed by atoms with Gasteiger partial charge in [0, 0.05) is 18.7 Å². The molecule has 0 spiro atoms. The van der Waals surface area contributed by atoms with Crippen molar-refractivity contribution in [3.63, 3.8) is 0 Å². The van der Waals surface area contributed by atoms with Crippen molar-refractivity contribution in [2.75, 3.05) is 13.2 Å². The van der Waals surface area contributed by atoms with Gasteiger partial charge in [-0.25, -0.2) is 0 Å².